The van der Waals surface area contributed by atoms with E-state index in [0.29, 0.717) is 17.6 Å². The van der Waals surface area contributed by atoms with Crippen LogP contribution in [0.1, 0.15) is 59.3 Å². The average Bonchev–Trinajstić information content (AvgIpc) is 2.37. The van der Waals surface area contributed by atoms with Crippen LogP contribution in [-0.4, -0.2) is 5.78 Å². The van der Waals surface area contributed by atoms with Crippen molar-refractivity contribution < 1.29 is 4.79 Å². The highest BCUT2D eigenvalue weighted by molar-refractivity contribution is 5.85. The smallest absolute Gasteiger partial charge is 0.140 e. The first-order valence-corrected chi connectivity index (χ1v) is 7.91. The van der Waals surface area contributed by atoms with Crippen molar-refractivity contribution in [2.24, 2.45) is 23.2 Å². The summed E-state index contributed by atoms with van der Waals surface area (Å²) in [7, 11) is 0. The topological polar surface area (TPSA) is 17.1 Å². The molecule has 3 aliphatic carbocycles. The van der Waals surface area contributed by atoms with E-state index in [1.54, 1.807) is 11.1 Å². The van der Waals surface area contributed by atoms with Crippen LogP contribution in [0.15, 0.2) is 23.3 Å². The first-order valence-electron chi connectivity index (χ1n) is 7.91. The lowest BCUT2D eigenvalue weighted by Gasteiger charge is -2.46. The number of allylic oxidation sites excluding steroid dienone is 4. The Hall–Kier alpha value is -0.850. The highest BCUT2D eigenvalue weighted by Gasteiger charge is 2.46. The molecule has 0 aromatic rings. The van der Waals surface area contributed by atoms with Gasteiger partial charge in [0.15, 0.2) is 0 Å². The van der Waals surface area contributed by atoms with Gasteiger partial charge in [0.25, 0.3) is 0 Å². The molecule has 19 heavy (non-hydrogen) atoms. The zero-order valence-electron chi connectivity index (χ0n) is 12.5. The first-order chi connectivity index (χ1) is 9.01. The molecular weight excluding hydrogens is 232 g/mol. The van der Waals surface area contributed by atoms with Crippen molar-refractivity contribution in [3.8, 4) is 0 Å². The third kappa shape index (κ3) is 2.02. The Morgan fingerprint density at radius 1 is 1.16 bits per heavy atom. The second-order valence-electron chi connectivity index (χ2n) is 7.29. The van der Waals surface area contributed by atoms with Crippen molar-refractivity contribution in [2.75, 3.05) is 0 Å². The molecule has 0 aromatic heterocycles. The van der Waals surface area contributed by atoms with E-state index in [4.69, 9.17) is 0 Å². The lowest BCUT2D eigenvalue weighted by molar-refractivity contribution is -0.132. The molecule has 2 bridgehead atoms. The summed E-state index contributed by atoms with van der Waals surface area (Å²) in [6.45, 7) is 6.91. The number of ketones is 1. The Morgan fingerprint density at radius 2 is 1.95 bits per heavy atom. The predicted octanol–water partition coefficient (Wildman–Crippen LogP) is 4.68. The highest BCUT2D eigenvalue weighted by Crippen LogP contribution is 2.51. The van der Waals surface area contributed by atoms with E-state index in [2.05, 4.69) is 32.9 Å². The quantitative estimate of drug-likeness (QED) is 0.576. The molecule has 0 N–H and O–H groups in total. The first kappa shape index (κ1) is 13.1. The molecule has 104 valence electrons. The molecule has 3 atom stereocenters. The van der Waals surface area contributed by atoms with Crippen LogP contribution in [0.4, 0.5) is 0 Å². The summed E-state index contributed by atoms with van der Waals surface area (Å²) in [5, 5.41) is 0. The zero-order chi connectivity index (χ0) is 13.6. The summed E-state index contributed by atoms with van der Waals surface area (Å²) in [5.41, 5.74) is 3.26. The van der Waals surface area contributed by atoms with Gasteiger partial charge < -0.3 is 0 Å². The summed E-state index contributed by atoms with van der Waals surface area (Å²) in [5.74, 6) is 1.67. The molecule has 3 aliphatic rings. The minimum Gasteiger partial charge on any atom is -0.299 e. The molecular formula is C18H26O. The standard InChI is InChI=1S/C18H26O/c1-12-8-10-16-17(19)14-7-5-4-6-13(14)9-11-15(12)18(16,2)3/h4,6,13-14,16H,5,7-11H2,1-3H3/t13-,14+,16+/m0/s1. The van der Waals surface area contributed by atoms with E-state index in [1.807, 2.05) is 0 Å². The Bertz CT molecular complexity index is 452. The van der Waals surface area contributed by atoms with Crippen LogP contribution >= 0.6 is 0 Å². The number of Topliss-reactive ketones (excluding diaryl/α,β-unsaturated/α-hetero) is 1. The normalized spacial score (nSPS) is 37.6. The van der Waals surface area contributed by atoms with Gasteiger partial charge in [-0.3, -0.25) is 4.79 Å². The van der Waals surface area contributed by atoms with Gasteiger partial charge in [0.1, 0.15) is 5.78 Å². The maximum absolute atomic E-state index is 13.0. The van der Waals surface area contributed by atoms with Gasteiger partial charge in [0.05, 0.1) is 0 Å². The molecule has 0 unspecified atom stereocenters. The average molecular weight is 258 g/mol. The van der Waals surface area contributed by atoms with E-state index in [9.17, 15) is 4.79 Å². The zero-order valence-corrected chi connectivity index (χ0v) is 12.5. The lowest BCUT2D eigenvalue weighted by Crippen LogP contribution is -2.43. The van der Waals surface area contributed by atoms with Gasteiger partial charge in [-0.2, -0.15) is 0 Å². The summed E-state index contributed by atoms with van der Waals surface area (Å²) in [4.78, 5) is 13.0. The van der Waals surface area contributed by atoms with Crippen LogP contribution in [0.3, 0.4) is 0 Å². The van der Waals surface area contributed by atoms with E-state index in [-0.39, 0.29) is 11.3 Å². The Labute approximate surface area is 117 Å². The summed E-state index contributed by atoms with van der Waals surface area (Å²) >= 11 is 0. The number of carbonyl (C=O) groups excluding carboxylic acids is 1. The maximum Gasteiger partial charge on any atom is 0.140 e. The minimum absolute atomic E-state index is 0.103. The van der Waals surface area contributed by atoms with Crippen molar-refractivity contribution >= 4 is 5.78 Å². The maximum atomic E-state index is 13.0. The predicted molar refractivity (Wildman–Crippen MR) is 78.8 cm³/mol. The number of fused-ring (bicyclic) bond motifs is 3. The van der Waals surface area contributed by atoms with Crippen LogP contribution in [-0.2, 0) is 4.79 Å². The summed E-state index contributed by atoms with van der Waals surface area (Å²) in [6, 6.07) is 0. The van der Waals surface area contributed by atoms with Crippen LogP contribution in [0.25, 0.3) is 0 Å². The van der Waals surface area contributed by atoms with Crippen LogP contribution in [0.5, 0.6) is 0 Å². The van der Waals surface area contributed by atoms with E-state index >= 15 is 0 Å². The fraction of sp³-hybridized carbons (Fsp3) is 0.722. The highest BCUT2D eigenvalue weighted by atomic mass is 16.1. The van der Waals surface area contributed by atoms with Gasteiger partial charge in [-0.05, 0) is 56.8 Å². The molecule has 1 saturated carbocycles. The molecule has 0 saturated heterocycles. The summed E-state index contributed by atoms with van der Waals surface area (Å²) < 4.78 is 0. The second-order valence-corrected chi connectivity index (χ2v) is 7.29. The number of hydrogen-bond donors (Lipinski definition) is 0. The molecule has 0 spiro atoms. The molecule has 0 heterocycles. The van der Waals surface area contributed by atoms with E-state index in [0.717, 1.165) is 25.7 Å². The van der Waals surface area contributed by atoms with Crippen LogP contribution in [0, 0.1) is 23.2 Å². The molecule has 0 aromatic carbocycles. The summed E-state index contributed by atoms with van der Waals surface area (Å²) in [6.07, 6.45) is 11.4. The molecule has 0 amide bonds. The van der Waals surface area contributed by atoms with Gasteiger partial charge in [0, 0.05) is 11.8 Å². The van der Waals surface area contributed by atoms with Crippen molar-refractivity contribution in [1.29, 1.82) is 0 Å². The SMILES string of the molecule is CC1=C2CC[C@@H]3C=CCC[C@H]3C(=O)[C@@H](CC1)C2(C)C. The second kappa shape index (κ2) is 4.61. The largest absolute Gasteiger partial charge is 0.299 e. The molecule has 3 rings (SSSR count). The molecule has 1 heteroatoms. The third-order valence-electron chi connectivity index (χ3n) is 5.95. The van der Waals surface area contributed by atoms with E-state index < -0.39 is 0 Å². The van der Waals surface area contributed by atoms with Gasteiger partial charge in [0.2, 0.25) is 0 Å². The fourth-order valence-corrected chi connectivity index (χ4v) is 4.78. The van der Waals surface area contributed by atoms with Crippen molar-refractivity contribution in [2.45, 2.75) is 59.3 Å². The molecule has 1 nitrogen and oxygen atoms in total. The van der Waals surface area contributed by atoms with E-state index in [1.165, 1.54) is 12.8 Å². The van der Waals surface area contributed by atoms with Gasteiger partial charge in [-0.15, -0.1) is 0 Å². The number of rotatable bonds is 0. The van der Waals surface area contributed by atoms with Crippen molar-refractivity contribution in [3.63, 3.8) is 0 Å². The third-order valence-corrected chi connectivity index (χ3v) is 5.95. The monoisotopic (exact) mass is 258 g/mol. The van der Waals surface area contributed by atoms with Crippen molar-refractivity contribution in [3.05, 3.63) is 23.3 Å². The molecule has 1 fully saturated rings. The number of hydrogen-bond acceptors (Lipinski definition) is 1. The fourth-order valence-electron chi connectivity index (χ4n) is 4.78. The number of carbonyl (C=O) groups is 1. The Kier molecular flexibility index (Phi) is 3.19. The lowest BCUT2D eigenvalue weighted by atomic mass is 9.57. The Morgan fingerprint density at radius 3 is 2.74 bits per heavy atom. The molecule has 0 aliphatic heterocycles. The van der Waals surface area contributed by atoms with Gasteiger partial charge in [-0.25, -0.2) is 0 Å². The van der Waals surface area contributed by atoms with Crippen LogP contribution in [0.2, 0.25) is 0 Å². The van der Waals surface area contributed by atoms with Crippen LogP contribution < -0.4 is 0 Å². The minimum atomic E-state index is 0.103. The molecule has 0 radical (unpaired) electrons. The Balaban J connectivity index is 2.02. The van der Waals surface area contributed by atoms with Gasteiger partial charge >= 0.3 is 0 Å². The van der Waals surface area contributed by atoms with Gasteiger partial charge in [-0.1, -0.05) is 37.1 Å². The van der Waals surface area contributed by atoms with Crippen molar-refractivity contribution in [1.82, 2.24) is 0 Å².